The Morgan fingerprint density at radius 3 is 2.67 bits per heavy atom. The van der Waals surface area contributed by atoms with Gasteiger partial charge in [-0.2, -0.15) is 0 Å². The normalized spacial score (nSPS) is 17.1. The largest absolute Gasteiger partial charge is 0.339 e. The van der Waals surface area contributed by atoms with Crippen molar-refractivity contribution in [1.82, 2.24) is 15.1 Å². The highest BCUT2D eigenvalue weighted by Gasteiger charge is 2.20. The van der Waals surface area contributed by atoms with Gasteiger partial charge in [-0.15, -0.1) is 11.3 Å². The van der Waals surface area contributed by atoms with E-state index >= 15 is 0 Å². The van der Waals surface area contributed by atoms with Gasteiger partial charge in [-0.1, -0.05) is 11.6 Å². The van der Waals surface area contributed by atoms with Crippen LogP contribution in [0.2, 0.25) is 4.34 Å². The van der Waals surface area contributed by atoms with Crippen molar-refractivity contribution in [1.29, 1.82) is 0 Å². The maximum atomic E-state index is 11.7. The summed E-state index contributed by atoms with van der Waals surface area (Å²) in [5.74, 6) is 0.191. The van der Waals surface area contributed by atoms with Gasteiger partial charge in [0.2, 0.25) is 5.91 Å². The van der Waals surface area contributed by atoms with Crippen LogP contribution in [0.1, 0.15) is 4.88 Å². The van der Waals surface area contributed by atoms with Crippen molar-refractivity contribution in [3.8, 4) is 0 Å². The van der Waals surface area contributed by atoms with E-state index in [-0.39, 0.29) is 5.91 Å². The number of nitrogens with zero attached hydrogens (tertiary/aromatic N) is 2. The molecule has 18 heavy (non-hydrogen) atoms. The van der Waals surface area contributed by atoms with Gasteiger partial charge in [0.25, 0.3) is 0 Å². The van der Waals surface area contributed by atoms with Gasteiger partial charge in [0.15, 0.2) is 0 Å². The first kappa shape index (κ1) is 13.8. The molecule has 1 aromatic rings. The van der Waals surface area contributed by atoms with E-state index in [0.717, 1.165) is 37.1 Å². The number of likely N-dealkylation sites (N-methyl/N-ethyl adjacent to an activating group) is 1. The first-order valence-corrected chi connectivity index (χ1v) is 7.27. The molecule has 0 atom stereocenters. The van der Waals surface area contributed by atoms with Crippen LogP contribution in [0.25, 0.3) is 0 Å². The van der Waals surface area contributed by atoms with Gasteiger partial charge in [0, 0.05) is 37.6 Å². The van der Waals surface area contributed by atoms with Gasteiger partial charge >= 0.3 is 0 Å². The lowest BCUT2D eigenvalue weighted by atomic mass is 10.3. The lowest BCUT2D eigenvalue weighted by molar-refractivity contribution is -0.131. The molecule has 1 fully saturated rings. The van der Waals surface area contributed by atoms with Crippen molar-refractivity contribution in [3.63, 3.8) is 0 Å². The summed E-state index contributed by atoms with van der Waals surface area (Å²) in [5.41, 5.74) is 0. The van der Waals surface area contributed by atoms with Crippen LogP contribution in [0, 0.1) is 0 Å². The van der Waals surface area contributed by atoms with Gasteiger partial charge in [0.05, 0.1) is 10.9 Å². The molecule has 0 aliphatic carbocycles. The first-order chi connectivity index (χ1) is 8.69. The standard InChI is InChI=1S/C12H18ClN3OS/c1-14-8-12(17)16-6-4-15(5-7-16)9-10-2-3-11(13)18-10/h2-3,14H,4-9H2,1H3. The number of nitrogens with one attached hydrogen (secondary N) is 1. The number of rotatable bonds is 4. The average molecular weight is 288 g/mol. The molecule has 100 valence electrons. The molecular formula is C12H18ClN3OS. The number of hydrogen-bond acceptors (Lipinski definition) is 4. The number of thiophene rings is 1. The predicted molar refractivity (Wildman–Crippen MR) is 75.1 cm³/mol. The lowest BCUT2D eigenvalue weighted by Crippen LogP contribution is -2.50. The number of carbonyl (C=O) groups excluding carboxylic acids is 1. The van der Waals surface area contributed by atoms with Gasteiger partial charge in [0.1, 0.15) is 0 Å². The summed E-state index contributed by atoms with van der Waals surface area (Å²) in [7, 11) is 1.80. The van der Waals surface area contributed by atoms with Crippen LogP contribution in [0.3, 0.4) is 0 Å². The van der Waals surface area contributed by atoms with Crippen LogP contribution in [0.5, 0.6) is 0 Å². The summed E-state index contributed by atoms with van der Waals surface area (Å²) in [6.07, 6.45) is 0. The average Bonchev–Trinajstić information content (AvgIpc) is 2.76. The molecule has 0 aromatic carbocycles. The maximum absolute atomic E-state index is 11.7. The fourth-order valence-electron chi connectivity index (χ4n) is 2.08. The third-order valence-corrected chi connectivity index (χ3v) is 4.28. The highest BCUT2D eigenvalue weighted by Crippen LogP contribution is 2.23. The van der Waals surface area contributed by atoms with E-state index < -0.39 is 0 Å². The molecule has 0 spiro atoms. The molecular weight excluding hydrogens is 270 g/mol. The second-order valence-electron chi connectivity index (χ2n) is 4.39. The van der Waals surface area contributed by atoms with E-state index in [0.29, 0.717) is 6.54 Å². The number of piperazine rings is 1. The predicted octanol–water partition coefficient (Wildman–Crippen LogP) is 1.27. The lowest BCUT2D eigenvalue weighted by Gasteiger charge is -2.34. The summed E-state index contributed by atoms with van der Waals surface area (Å²) < 4.78 is 0.841. The topological polar surface area (TPSA) is 35.6 Å². The first-order valence-electron chi connectivity index (χ1n) is 6.08. The fourth-order valence-corrected chi connectivity index (χ4v) is 3.21. The monoisotopic (exact) mass is 287 g/mol. The van der Waals surface area contributed by atoms with E-state index in [9.17, 15) is 4.79 Å². The number of amides is 1. The molecule has 0 unspecified atom stereocenters. The zero-order chi connectivity index (χ0) is 13.0. The summed E-state index contributed by atoms with van der Waals surface area (Å²) in [4.78, 5) is 17.3. The molecule has 1 amide bonds. The van der Waals surface area contributed by atoms with Crippen molar-refractivity contribution in [2.24, 2.45) is 0 Å². The molecule has 1 N–H and O–H groups in total. The molecule has 1 aromatic heterocycles. The van der Waals surface area contributed by atoms with Gasteiger partial charge < -0.3 is 10.2 Å². The van der Waals surface area contributed by atoms with E-state index in [4.69, 9.17) is 11.6 Å². The third-order valence-electron chi connectivity index (χ3n) is 3.06. The number of carbonyl (C=O) groups is 1. The summed E-state index contributed by atoms with van der Waals surface area (Å²) >= 11 is 7.55. The molecule has 2 rings (SSSR count). The molecule has 1 saturated heterocycles. The smallest absolute Gasteiger partial charge is 0.236 e. The Morgan fingerprint density at radius 1 is 1.39 bits per heavy atom. The third kappa shape index (κ3) is 3.68. The minimum atomic E-state index is 0.191. The van der Waals surface area contributed by atoms with Crippen LogP contribution in [0.4, 0.5) is 0 Å². The highest BCUT2D eigenvalue weighted by molar-refractivity contribution is 7.16. The summed E-state index contributed by atoms with van der Waals surface area (Å²) in [6.45, 7) is 4.88. The molecule has 1 aliphatic heterocycles. The zero-order valence-electron chi connectivity index (χ0n) is 10.5. The molecule has 0 bridgehead atoms. The Kier molecular flexibility index (Phi) is 5.00. The van der Waals surface area contributed by atoms with Crippen molar-refractivity contribution in [2.75, 3.05) is 39.8 Å². The fraction of sp³-hybridized carbons (Fsp3) is 0.583. The SMILES string of the molecule is CNCC(=O)N1CCN(Cc2ccc(Cl)s2)CC1. The minimum absolute atomic E-state index is 0.191. The number of hydrogen-bond donors (Lipinski definition) is 1. The highest BCUT2D eigenvalue weighted by atomic mass is 35.5. The zero-order valence-corrected chi connectivity index (χ0v) is 12.1. The van der Waals surface area contributed by atoms with E-state index in [1.807, 2.05) is 11.0 Å². The maximum Gasteiger partial charge on any atom is 0.236 e. The molecule has 1 aliphatic rings. The number of halogens is 1. The van der Waals surface area contributed by atoms with Crippen molar-refractivity contribution in [3.05, 3.63) is 21.3 Å². The molecule has 0 saturated carbocycles. The molecule has 0 radical (unpaired) electrons. The summed E-state index contributed by atoms with van der Waals surface area (Å²) in [6, 6.07) is 4.01. The Balaban J connectivity index is 1.78. The molecule has 4 nitrogen and oxygen atoms in total. The Labute approximate surface area is 117 Å². The van der Waals surface area contributed by atoms with Crippen molar-refractivity contribution in [2.45, 2.75) is 6.54 Å². The summed E-state index contributed by atoms with van der Waals surface area (Å²) in [5, 5.41) is 2.90. The van der Waals surface area contributed by atoms with Crippen LogP contribution >= 0.6 is 22.9 Å². The van der Waals surface area contributed by atoms with Crippen molar-refractivity contribution < 1.29 is 4.79 Å². The van der Waals surface area contributed by atoms with Crippen LogP contribution < -0.4 is 5.32 Å². The van der Waals surface area contributed by atoms with E-state index in [1.165, 1.54) is 4.88 Å². The van der Waals surface area contributed by atoms with E-state index in [2.05, 4.69) is 16.3 Å². The molecule has 2 heterocycles. The minimum Gasteiger partial charge on any atom is -0.339 e. The second-order valence-corrected chi connectivity index (χ2v) is 6.19. The Hall–Kier alpha value is -0.620. The molecule has 6 heteroatoms. The van der Waals surface area contributed by atoms with Gasteiger partial charge in [-0.25, -0.2) is 0 Å². The van der Waals surface area contributed by atoms with Crippen molar-refractivity contribution >= 4 is 28.8 Å². The van der Waals surface area contributed by atoms with Crippen LogP contribution in [0.15, 0.2) is 12.1 Å². The Morgan fingerprint density at radius 2 is 2.11 bits per heavy atom. The Bertz CT molecular complexity index is 402. The van der Waals surface area contributed by atoms with Crippen LogP contribution in [-0.4, -0.2) is 55.5 Å². The van der Waals surface area contributed by atoms with E-state index in [1.54, 1.807) is 18.4 Å². The van der Waals surface area contributed by atoms with Crippen LogP contribution in [-0.2, 0) is 11.3 Å². The second kappa shape index (κ2) is 6.52. The quantitative estimate of drug-likeness (QED) is 0.906. The van der Waals surface area contributed by atoms with Gasteiger partial charge in [-0.3, -0.25) is 9.69 Å². The van der Waals surface area contributed by atoms with Gasteiger partial charge in [-0.05, 0) is 19.2 Å².